The molecule has 0 aromatic heterocycles. The smallest absolute Gasteiger partial charge is 0.335 e. The van der Waals surface area contributed by atoms with Crippen molar-refractivity contribution in [3.05, 3.63) is 35.4 Å². The van der Waals surface area contributed by atoms with Crippen LogP contribution in [0.1, 0.15) is 35.2 Å². The van der Waals surface area contributed by atoms with Crippen molar-refractivity contribution < 1.29 is 19.8 Å². The Kier molecular flexibility index (Phi) is 5.11. The Bertz CT molecular complexity index is 635. The molecule has 1 aromatic carbocycles. The predicted octanol–water partition coefficient (Wildman–Crippen LogP) is 1.23. The summed E-state index contributed by atoms with van der Waals surface area (Å²) >= 11 is 0. The number of carbonyl (C=O) groups excluding carboxylic acids is 1. The zero-order valence-electron chi connectivity index (χ0n) is 14.6. The maximum Gasteiger partial charge on any atom is 0.335 e. The molecule has 1 amide bonds. The molecule has 0 aliphatic carbocycles. The van der Waals surface area contributed by atoms with Gasteiger partial charge in [-0.1, -0.05) is 12.1 Å². The lowest BCUT2D eigenvalue weighted by molar-refractivity contribution is -0.155. The van der Waals surface area contributed by atoms with Crippen LogP contribution < -0.4 is 0 Å². The summed E-state index contributed by atoms with van der Waals surface area (Å²) in [6, 6.07) is 6.93. The molecule has 3 rings (SSSR count). The highest BCUT2D eigenvalue weighted by molar-refractivity contribution is 5.87. The number of piperidine rings is 1. The van der Waals surface area contributed by atoms with Gasteiger partial charge < -0.3 is 20.0 Å². The molecule has 25 heavy (non-hydrogen) atoms. The fourth-order valence-corrected chi connectivity index (χ4v) is 3.80. The zero-order chi connectivity index (χ0) is 18.0. The Labute approximate surface area is 148 Å². The van der Waals surface area contributed by atoms with Crippen LogP contribution >= 0.6 is 0 Å². The SMILES string of the molecule is CN1CCC(O)(C(=O)N2CCC(Cc3ccc(C(=O)O)cc3)C2)CC1. The average Bonchev–Trinajstić information content (AvgIpc) is 3.06. The van der Waals surface area contributed by atoms with E-state index in [-0.39, 0.29) is 11.5 Å². The topological polar surface area (TPSA) is 81.1 Å². The van der Waals surface area contributed by atoms with Gasteiger partial charge >= 0.3 is 5.97 Å². The van der Waals surface area contributed by atoms with E-state index in [9.17, 15) is 14.7 Å². The van der Waals surface area contributed by atoms with Gasteiger partial charge in [0, 0.05) is 26.2 Å². The molecule has 0 radical (unpaired) electrons. The molecule has 2 N–H and O–H groups in total. The second-order valence-corrected chi connectivity index (χ2v) is 7.45. The minimum Gasteiger partial charge on any atom is -0.478 e. The maximum absolute atomic E-state index is 12.7. The summed E-state index contributed by atoms with van der Waals surface area (Å²) in [5, 5.41) is 19.7. The Morgan fingerprint density at radius 2 is 1.80 bits per heavy atom. The third kappa shape index (κ3) is 4.02. The molecule has 6 nitrogen and oxygen atoms in total. The van der Waals surface area contributed by atoms with Gasteiger partial charge in [-0.05, 0) is 56.3 Å². The lowest BCUT2D eigenvalue weighted by atomic mass is 9.90. The van der Waals surface area contributed by atoms with E-state index in [0.29, 0.717) is 31.8 Å². The molecule has 1 atom stereocenters. The number of aromatic carboxylic acids is 1. The average molecular weight is 346 g/mol. The Morgan fingerprint density at radius 1 is 1.16 bits per heavy atom. The first kappa shape index (κ1) is 17.9. The first-order valence-corrected chi connectivity index (χ1v) is 8.90. The van der Waals surface area contributed by atoms with Crippen molar-refractivity contribution in [2.75, 3.05) is 33.2 Å². The third-order valence-electron chi connectivity index (χ3n) is 5.51. The van der Waals surface area contributed by atoms with E-state index in [0.717, 1.165) is 31.5 Å². The second-order valence-electron chi connectivity index (χ2n) is 7.45. The van der Waals surface area contributed by atoms with Crippen LogP contribution in [0.15, 0.2) is 24.3 Å². The summed E-state index contributed by atoms with van der Waals surface area (Å²) in [7, 11) is 2.01. The van der Waals surface area contributed by atoms with Gasteiger partial charge in [-0.2, -0.15) is 0 Å². The van der Waals surface area contributed by atoms with Crippen LogP contribution in [0.25, 0.3) is 0 Å². The third-order valence-corrected chi connectivity index (χ3v) is 5.51. The number of carbonyl (C=O) groups is 2. The van der Waals surface area contributed by atoms with Crippen LogP contribution in [0.3, 0.4) is 0 Å². The number of likely N-dealkylation sites (tertiary alicyclic amines) is 2. The van der Waals surface area contributed by atoms with Crippen molar-refractivity contribution in [3.8, 4) is 0 Å². The molecule has 6 heteroatoms. The van der Waals surface area contributed by atoms with Crippen molar-refractivity contribution >= 4 is 11.9 Å². The van der Waals surface area contributed by atoms with E-state index in [2.05, 4.69) is 4.90 Å². The molecule has 0 bridgehead atoms. The predicted molar refractivity (Wildman–Crippen MR) is 93.5 cm³/mol. The van der Waals surface area contributed by atoms with Crippen molar-refractivity contribution in [1.29, 1.82) is 0 Å². The lowest BCUT2D eigenvalue weighted by Gasteiger charge is -2.37. The molecule has 2 fully saturated rings. The van der Waals surface area contributed by atoms with Crippen molar-refractivity contribution in [2.24, 2.45) is 5.92 Å². The van der Waals surface area contributed by atoms with Crippen molar-refractivity contribution in [3.63, 3.8) is 0 Å². The van der Waals surface area contributed by atoms with Gasteiger partial charge in [0.25, 0.3) is 5.91 Å². The number of carboxylic acids is 1. The monoisotopic (exact) mass is 346 g/mol. The number of amides is 1. The van der Waals surface area contributed by atoms with Gasteiger partial charge in [-0.25, -0.2) is 4.79 Å². The van der Waals surface area contributed by atoms with Gasteiger partial charge in [0.1, 0.15) is 5.60 Å². The fraction of sp³-hybridized carbons (Fsp3) is 0.579. The summed E-state index contributed by atoms with van der Waals surface area (Å²) in [6.45, 7) is 2.84. The van der Waals surface area contributed by atoms with Crippen LogP contribution in [-0.4, -0.2) is 70.7 Å². The zero-order valence-corrected chi connectivity index (χ0v) is 14.6. The summed E-state index contributed by atoms with van der Waals surface area (Å²) < 4.78 is 0. The molecule has 2 saturated heterocycles. The van der Waals surface area contributed by atoms with Gasteiger partial charge in [-0.3, -0.25) is 4.79 Å². The first-order chi connectivity index (χ1) is 11.9. The van der Waals surface area contributed by atoms with E-state index in [1.54, 1.807) is 12.1 Å². The molecule has 1 aromatic rings. The number of aliphatic hydroxyl groups is 1. The molecular weight excluding hydrogens is 320 g/mol. The van der Waals surface area contributed by atoms with Crippen LogP contribution in [0.4, 0.5) is 0 Å². The van der Waals surface area contributed by atoms with Crippen molar-refractivity contribution in [2.45, 2.75) is 31.3 Å². The van der Waals surface area contributed by atoms with Crippen LogP contribution in [0.5, 0.6) is 0 Å². The Hall–Kier alpha value is -1.92. The minimum absolute atomic E-state index is 0.121. The quantitative estimate of drug-likeness (QED) is 0.857. The fourth-order valence-electron chi connectivity index (χ4n) is 3.80. The van der Waals surface area contributed by atoms with E-state index in [1.165, 1.54) is 0 Å². The highest BCUT2D eigenvalue weighted by atomic mass is 16.4. The first-order valence-electron chi connectivity index (χ1n) is 8.90. The number of carboxylic acid groups (broad SMARTS) is 1. The summed E-state index contributed by atoms with van der Waals surface area (Å²) in [5.41, 5.74) is 0.170. The standard InChI is InChI=1S/C19H26N2O4/c1-20-10-7-19(25,8-11-20)18(24)21-9-6-15(13-21)12-14-2-4-16(5-3-14)17(22)23/h2-5,15,25H,6-13H2,1H3,(H,22,23). The Morgan fingerprint density at radius 3 is 2.40 bits per heavy atom. The van der Waals surface area contributed by atoms with E-state index >= 15 is 0 Å². The highest BCUT2D eigenvalue weighted by Crippen LogP contribution is 2.28. The number of benzene rings is 1. The molecule has 2 aliphatic rings. The van der Waals surface area contributed by atoms with Crippen LogP contribution in [0.2, 0.25) is 0 Å². The second kappa shape index (κ2) is 7.14. The summed E-state index contributed by atoms with van der Waals surface area (Å²) in [4.78, 5) is 27.6. The van der Waals surface area contributed by atoms with Crippen molar-refractivity contribution in [1.82, 2.24) is 9.80 Å². The number of nitrogens with zero attached hydrogens (tertiary/aromatic N) is 2. The number of rotatable bonds is 4. The van der Waals surface area contributed by atoms with Crippen LogP contribution in [0, 0.1) is 5.92 Å². The van der Waals surface area contributed by atoms with Gasteiger partial charge in [0.2, 0.25) is 0 Å². The van der Waals surface area contributed by atoms with Crippen LogP contribution in [-0.2, 0) is 11.2 Å². The number of hydrogen-bond donors (Lipinski definition) is 2. The molecule has 0 spiro atoms. The molecule has 2 aliphatic heterocycles. The molecule has 136 valence electrons. The largest absolute Gasteiger partial charge is 0.478 e. The summed E-state index contributed by atoms with van der Waals surface area (Å²) in [5.74, 6) is -0.686. The molecule has 1 unspecified atom stereocenters. The minimum atomic E-state index is -1.20. The lowest BCUT2D eigenvalue weighted by Crippen LogP contribution is -2.53. The highest BCUT2D eigenvalue weighted by Gasteiger charge is 2.42. The molecular formula is C19H26N2O4. The normalized spacial score (nSPS) is 23.6. The summed E-state index contributed by atoms with van der Waals surface area (Å²) in [6.07, 6.45) is 2.74. The molecule has 2 heterocycles. The van der Waals surface area contributed by atoms with Gasteiger partial charge in [-0.15, -0.1) is 0 Å². The van der Waals surface area contributed by atoms with E-state index < -0.39 is 11.6 Å². The maximum atomic E-state index is 12.7. The Balaban J connectivity index is 1.56. The van der Waals surface area contributed by atoms with Gasteiger partial charge in [0.15, 0.2) is 0 Å². The van der Waals surface area contributed by atoms with E-state index in [4.69, 9.17) is 5.11 Å². The van der Waals surface area contributed by atoms with Gasteiger partial charge in [0.05, 0.1) is 5.56 Å². The molecule has 0 saturated carbocycles. The number of hydrogen-bond acceptors (Lipinski definition) is 4. The van der Waals surface area contributed by atoms with E-state index in [1.807, 2.05) is 24.1 Å².